The van der Waals surface area contributed by atoms with E-state index in [4.69, 9.17) is 0 Å². The number of hydrogen-bond donors (Lipinski definition) is 1. The number of H-pyrrole nitrogens is 1. The molecule has 0 spiro atoms. The van der Waals surface area contributed by atoms with Crippen molar-refractivity contribution >= 4 is 10.9 Å². The second kappa shape index (κ2) is 8.90. The van der Waals surface area contributed by atoms with Gasteiger partial charge in [-0.1, -0.05) is 43.3 Å². The Morgan fingerprint density at radius 1 is 1.15 bits per heavy atom. The van der Waals surface area contributed by atoms with Crippen molar-refractivity contribution in [3.05, 3.63) is 87.0 Å². The maximum atomic E-state index is 13.4. The number of rotatable bonds is 5. The zero-order valence-electron chi connectivity index (χ0n) is 19.5. The number of tetrazole rings is 1. The van der Waals surface area contributed by atoms with Crippen LogP contribution in [0.2, 0.25) is 0 Å². The lowest BCUT2D eigenvalue weighted by atomic mass is 9.95. The fourth-order valence-electron chi connectivity index (χ4n) is 5.13. The SMILES string of the molecule is Cc1cc(C)c2cc([C@H](c3nnnn3Cc3ccccc3)N3CCC[C@H](C)C3)c(=O)[nH]c2c1. The van der Waals surface area contributed by atoms with Crippen molar-refractivity contribution in [3.8, 4) is 0 Å². The molecular weight excluding hydrogens is 412 g/mol. The zero-order valence-corrected chi connectivity index (χ0v) is 19.5. The molecule has 1 aliphatic rings. The lowest BCUT2D eigenvalue weighted by molar-refractivity contribution is 0.141. The molecule has 0 unspecified atom stereocenters. The van der Waals surface area contributed by atoms with Gasteiger partial charge in [0, 0.05) is 23.0 Å². The molecule has 1 N–H and O–H groups in total. The third-order valence-electron chi connectivity index (χ3n) is 6.67. The van der Waals surface area contributed by atoms with Gasteiger partial charge in [-0.05, 0) is 78.4 Å². The number of fused-ring (bicyclic) bond motifs is 1. The third kappa shape index (κ3) is 4.33. The predicted octanol–water partition coefficient (Wildman–Crippen LogP) is 4.00. The number of aromatic amines is 1. The molecule has 33 heavy (non-hydrogen) atoms. The smallest absolute Gasteiger partial charge is 0.253 e. The van der Waals surface area contributed by atoms with Crippen LogP contribution >= 0.6 is 0 Å². The molecule has 0 saturated carbocycles. The van der Waals surface area contributed by atoms with Crippen molar-refractivity contribution in [1.29, 1.82) is 0 Å². The summed E-state index contributed by atoms with van der Waals surface area (Å²) in [5.74, 6) is 1.27. The van der Waals surface area contributed by atoms with E-state index in [1.165, 1.54) is 6.42 Å². The van der Waals surface area contributed by atoms with Crippen LogP contribution in [0.3, 0.4) is 0 Å². The van der Waals surface area contributed by atoms with Crippen molar-refractivity contribution in [1.82, 2.24) is 30.1 Å². The number of aromatic nitrogens is 5. The molecule has 2 atom stereocenters. The van der Waals surface area contributed by atoms with E-state index in [0.717, 1.165) is 47.1 Å². The van der Waals surface area contributed by atoms with Gasteiger partial charge in [-0.15, -0.1) is 5.10 Å². The Balaban J connectivity index is 1.65. The van der Waals surface area contributed by atoms with Gasteiger partial charge in [0.2, 0.25) is 0 Å². The van der Waals surface area contributed by atoms with Gasteiger partial charge >= 0.3 is 0 Å². The maximum absolute atomic E-state index is 13.4. The van der Waals surface area contributed by atoms with E-state index < -0.39 is 0 Å². The molecule has 2 aromatic carbocycles. The molecule has 170 valence electrons. The van der Waals surface area contributed by atoms with Gasteiger partial charge in [-0.2, -0.15) is 0 Å². The van der Waals surface area contributed by atoms with E-state index in [2.05, 4.69) is 63.5 Å². The van der Waals surface area contributed by atoms with Crippen molar-refractivity contribution in [2.45, 2.75) is 46.2 Å². The second-order valence-electron chi connectivity index (χ2n) is 9.42. The van der Waals surface area contributed by atoms with Crippen LogP contribution in [-0.4, -0.2) is 43.2 Å². The summed E-state index contributed by atoms with van der Waals surface area (Å²) < 4.78 is 1.84. The summed E-state index contributed by atoms with van der Waals surface area (Å²) in [4.78, 5) is 18.9. The molecule has 7 nitrogen and oxygen atoms in total. The maximum Gasteiger partial charge on any atom is 0.253 e. The van der Waals surface area contributed by atoms with Crippen LogP contribution in [0.4, 0.5) is 0 Å². The van der Waals surface area contributed by atoms with E-state index in [9.17, 15) is 4.79 Å². The molecule has 0 radical (unpaired) electrons. The Hall–Kier alpha value is -3.32. The van der Waals surface area contributed by atoms with Crippen molar-refractivity contribution in [3.63, 3.8) is 0 Å². The van der Waals surface area contributed by atoms with Crippen LogP contribution in [0.5, 0.6) is 0 Å². The highest BCUT2D eigenvalue weighted by Gasteiger charge is 2.33. The van der Waals surface area contributed by atoms with Crippen molar-refractivity contribution in [2.24, 2.45) is 5.92 Å². The monoisotopic (exact) mass is 442 g/mol. The molecule has 1 aliphatic heterocycles. The molecule has 0 bridgehead atoms. The number of benzene rings is 2. The largest absolute Gasteiger partial charge is 0.322 e. The molecular formula is C26H30N6O. The fourth-order valence-corrected chi connectivity index (χ4v) is 5.13. The molecule has 2 aromatic heterocycles. The van der Waals surface area contributed by atoms with Gasteiger partial charge in [0.15, 0.2) is 5.82 Å². The zero-order chi connectivity index (χ0) is 22.9. The summed E-state index contributed by atoms with van der Waals surface area (Å²) in [5, 5.41) is 13.9. The average molecular weight is 443 g/mol. The number of nitrogens with one attached hydrogen (secondary N) is 1. The van der Waals surface area contributed by atoms with E-state index >= 15 is 0 Å². The second-order valence-corrected chi connectivity index (χ2v) is 9.42. The van der Waals surface area contributed by atoms with Gasteiger partial charge in [-0.25, -0.2) is 4.68 Å². The van der Waals surface area contributed by atoms with Gasteiger partial charge in [0.25, 0.3) is 5.56 Å². The Morgan fingerprint density at radius 2 is 1.97 bits per heavy atom. The molecule has 3 heterocycles. The van der Waals surface area contributed by atoms with Gasteiger partial charge in [-0.3, -0.25) is 9.69 Å². The van der Waals surface area contributed by atoms with Crippen LogP contribution in [0.1, 0.15) is 53.9 Å². The molecule has 0 aliphatic carbocycles. The minimum absolute atomic E-state index is 0.0787. The first-order valence-corrected chi connectivity index (χ1v) is 11.7. The predicted molar refractivity (Wildman–Crippen MR) is 129 cm³/mol. The minimum atomic E-state index is -0.305. The molecule has 0 amide bonds. The Kier molecular flexibility index (Phi) is 5.81. The van der Waals surface area contributed by atoms with Crippen LogP contribution in [0, 0.1) is 19.8 Å². The third-order valence-corrected chi connectivity index (χ3v) is 6.67. The summed E-state index contributed by atoms with van der Waals surface area (Å²) in [5.41, 5.74) is 4.90. The summed E-state index contributed by atoms with van der Waals surface area (Å²) in [7, 11) is 0. The Morgan fingerprint density at radius 3 is 2.76 bits per heavy atom. The van der Waals surface area contributed by atoms with E-state index in [1.807, 2.05) is 35.9 Å². The fraction of sp³-hybridized carbons (Fsp3) is 0.385. The summed E-state index contributed by atoms with van der Waals surface area (Å²) >= 11 is 0. The summed E-state index contributed by atoms with van der Waals surface area (Å²) in [6.45, 7) is 8.80. The number of likely N-dealkylation sites (tertiary alicyclic amines) is 1. The first kappa shape index (κ1) is 21.5. The molecule has 7 heteroatoms. The molecule has 4 aromatic rings. The molecule has 5 rings (SSSR count). The van der Waals surface area contributed by atoms with Crippen molar-refractivity contribution in [2.75, 3.05) is 13.1 Å². The first-order valence-electron chi connectivity index (χ1n) is 11.7. The van der Waals surface area contributed by atoms with Crippen LogP contribution < -0.4 is 5.56 Å². The number of nitrogens with zero attached hydrogens (tertiary/aromatic N) is 5. The van der Waals surface area contributed by atoms with E-state index in [0.29, 0.717) is 23.9 Å². The number of pyridine rings is 1. The quantitative estimate of drug-likeness (QED) is 0.505. The van der Waals surface area contributed by atoms with Crippen LogP contribution in [0.25, 0.3) is 10.9 Å². The summed E-state index contributed by atoms with van der Waals surface area (Å²) in [6, 6.07) is 16.1. The topological polar surface area (TPSA) is 79.7 Å². The highest BCUT2D eigenvalue weighted by molar-refractivity contribution is 5.83. The van der Waals surface area contributed by atoms with Gasteiger partial charge in [0.1, 0.15) is 6.04 Å². The average Bonchev–Trinajstić information content (AvgIpc) is 3.23. The standard InChI is InChI=1S/C26H30N6O/c1-17-8-7-11-31(15-17)24(25-28-29-30-32(25)16-20-9-5-4-6-10-20)22-14-21-19(3)12-18(2)13-23(21)27-26(22)33/h4-6,9-10,12-14,17,24H,7-8,11,15-16H2,1-3H3,(H,27,33)/t17-,24+/m0/s1. The highest BCUT2D eigenvalue weighted by Crippen LogP contribution is 2.31. The normalized spacial score (nSPS) is 18.0. The Labute approximate surface area is 193 Å². The summed E-state index contributed by atoms with van der Waals surface area (Å²) in [6.07, 6.45) is 2.30. The van der Waals surface area contributed by atoms with Crippen LogP contribution in [-0.2, 0) is 6.54 Å². The van der Waals surface area contributed by atoms with Crippen LogP contribution in [0.15, 0.2) is 53.3 Å². The minimum Gasteiger partial charge on any atom is -0.322 e. The first-order chi connectivity index (χ1) is 16.0. The van der Waals surface area contributed by atoms with Crippen molar-refractivity contribution < 1.29 is 0 Å². The molecule has 1 saturated heterocycles. The number of hydrogen-bond acceptors (Lipinski definition) is 5. The molecule has 1 fully saturated rings. The number of piperidine rings is 1. The number of aryl methyl sites for hydroxylation is 2. The highest BCUT2D eigenvalue weighted by atomic mass is 16.1. The lowest BCUT2D eigenvalue weighted by Crippen LogP contribution is -2.41. The Bertz CT molecular complexity index is 1330. The lowest BCUT2D eigenvalue weighted by Gasteiger charge is -2.36. The van der Waals surface area contributed by atoms with Gasteiger partial charge in [0.05, 0.1) is 6.54 Å². The van der Waals surface area contributed by atoms with E-state index in [-0.39, 0.29) is 11.6 Å². The van der Waals surface area contributed by atoms with E-state index in [1.54, 1.807) is 0 Å². The van der Waals surface area contributed by atoms with Gasteiger partial charge < -0.3 is 4.98 Å².